The van der Waals surface area contributed by atoms with E-state index in [1.54, 1.807) is 19.1 Å². The average Bonchev–Trinajstić information content (AvgIpc) is 2.25. The third kappa shape index (κ3) is 3.75. The first-order valence-electron chi connectivity index (χ1n) is 5.25. The number of thiocarbonyl (C=S) groups is 1. The molecule has 0 bridgehead atoms. The molecule has 17 heavy (non-hydrogen) atoms. The van der Waals surface area contributed by atoms with Gasteiger partial charge in [-0.1, -0.05) is 42.0 Å². The highest BCUT2D eigenvalue weighted by molar-refractivity contribution is 7.80. The van der Waals surface area contributed by atoms with E-state index in [1.807, 2.05) is 19.1 Å². The van der Waals surface area contributed by atoms with E-state index < -0.39 is 11.9 Å². The van der Waals surface area contributed by atoms with Crippen LogP contribution in [0.15, 0.2) is 24.3 Å². The Morgan fingerprint density at radius 1 is 1.29 bits per heavy atom. The van der Waals surface area contributed by atoms with Gasteiger partial charge >= 0.3 is 5.97 Å². The van der Waals surface area contributed by atoms with Crippen LogP contribution in [0.25, 0.3) is 0 Å². The first-order chi connectivity index (χ1) is 7.91. The molecular formula is C13H14O3S. The molecule has 3 nitrogen and oxygen atoms in total. The molecule has 1 aromatic carbocycles. The van der Waals surface area contributed by atoms with E-state index in [1.165, 1.54) is 0 Å². The Hall–Kier alpha value is -1.55. The second-order valence-electron chi connectivity index (χ2n) is 3.99. The number of aliphatic carboxylic acids is 1. The van der Waals surface area contributed by atoms with Crippen molar-refractivity contribution in [2.24, 2.45) is 5.92 Å². The number of hydrogen-bond acceptors (Lipinski definition) is 3. The van der Waals surface area contributed by atoms with E-state index in [0.29, 0.717) is 10.4 Å². The van der Waals surface area contributed by atoms with E-state index in [9.17, 15) is 9.59 Å². The Morgan fingerprint density at radius 2 is 1.82 bits per heavy atom. The molecule has 0 saturated carbocycles. The van der Waals surface area contributed by atoms with Gasteiger partial charge in [0.1, 0.15) is 0 Å². The van der Waals surface area contributed by atoms with Crippen molar-refractivity contribution in [2.45, 2.75) is 20.3 Å². The van der Waals surface area contributed by atoms with Crippen LogP contribution >= 0.6 is 12.2 Å². The summed E-state index contributed by atoms with van der Waals surface area (Å²) in [6, 6.07) is 7.06. The minimum atomic E-state index is -1.04. The van der Waals surface area contributed by atoms with Gasteiger partial charge in [0.2, 0.25) is 0 Å². The van der Waals surface area contributed by atoms with Gasteiger partial charge in [-0.05, 0) is 13.8 Å². The van der Waals surface area contributed by atoms with Gasteiger partial charge in [-0.15, -0.1) is 0 Å². The molecule has 0 amide bonds. The van der Waals surface area contributed by atoms with Crippen LogP contribution in [-0.2, 0) is 4.79 Å². The summed E-state index contributed by atoms with van der Waals surface area (Å²) in [5.74, 6) is -2.11. The second-order valence-corrected chi connectivity index (χ2v) is 4.64. The normalized spacial score (nSPS) is 11.9. The quantitative estimate of drug-likeness (QED) is 0.644. The number of Topliss-reactive ketones (excluding diaryl/α,β-unsaturated/α-hetero) is 1. The molecule has 0 saturated heterocycles. The highest BCUT2D eigenvalue weighted by atomic mass is 32.1. The molecule has 0 aliphatic heterocycles. The van der Waals surface area contributed by atoms with E-state index in [-0.39, 0.29) is 12.2 Å². The lowest BCUT2D eigenvalue weighted by atomic mass is 9.96. The Kier molecular flexibility index (Phi) is 4.52. The van der Waals surface area contributed by atoms with Crippen molar-refractivity contribution < 1.29 is 14.7 Å². The zero-order chi connectivity index (χ0) is 13.0. The van der Waals surface area contributed by atoms with Crippen molar-refractivity contribution in [3.8, 4) is 0 Å². The molecule has 0 aromatic heterocycles. The Bertz CT molecular complexity index is 434. The van der Waals surface area contributed by atoms with Gasteiger partial charge in [0.15, 0.2) is 5.78 Å². The molecule has 1 atom stereocenters. The minimum Gasteiger partial charge on any atom is -0.481 e. The summed E-state index contributed by atoms with van der Waals surface area (Å²) in [5, 5.41) is 8.94. The largest absolute Gasteiger partial charge is 0.481 e. The number of carboxylic acid groups (broad SMARTS) is 1. The van der Waals surface area contributed by atoms with Crippen LogP contribution in [0.5, 0.6) is 0 Å². The molecular weight excluding hydrogens is 236 g/mol. The van der Waals surface area contributed by atoms with E-state index in [4.69, 9.17) is 17.3 Å². The zero-order valence-corrected chi connectivity index (χ0v) is 10.6. The number of hydrogen-bond donors (Lipinski definition) is 1. The fourth-order valence-corrected chi connectivity index (χ4v) is 1.63. The van der Waals surface area contributed by atoms with Crippen molar-refractivity contribution in [1.82, 2.24) is 0 Å². The molecule has 0 fully saturated rings. The predicted molar refractivity (Wildman–Crippen MR) is 69.5 cm³/mol. The summed E-state index contributed by atoms with van der Waals surface area (Å²) in [6.45, 7) is 3.48. The van der Waals surface area contributed by atoms with E-state index in [0.717, 1.165) is 5.56 Å². The molecule has 4 heteroatoms. The highest BCUT2D eigenvalue weighted by Crippen LogP contribution is 2.13. The van der Waals surface area contributed by atoms with Crippen molar-refractivity contribution in [3.05, 3.63) is 35.4 Å². The second kappa shape index (κ2) is 5.68. The van der Waals surface area contributed by atoms with Gasteiger partial charge in [-0.25, -0.2) is 0 Å². The molecule has 1 aromatic rings. The van der Waals surface area contributed by atoms with Crippen molar-refractivity contribution in [1.29, 1.82) is 0 Å². The summed E-state index contributed by atoms with van der Waals surface area (Å²) in [7, 11) is 0. The Balaban J connectivity index is 2.81. The van der Waals surface area contributed by atoms with Gasteiger partial charge in [0, 0.05) is 16.8 Å². The molecule has 1 rings (SSSR count). The first kappa shape index (κ1) is 13.5. The molecule has 0 aliphatic rings. The number of carbonyl (C=O) groups is 2. The first-order valence-corrected chi connectivity index (χ1v) is 5.65. The SMILES string of the molecule is CC(=S)C(CC(=O)c1ccc(C)cc1)C(=O)O. The maximum absolute atomic E-state index is 11.9. The monoisotopic (exact) mass is 250 g/mol. The number of carboxylic acids is 1. The van der Waals surface area contributed by atoms with Gasteiger partial charge in [-0.2, -0.15) is 0 Å². The van der Waals surface area contributed by atoms with E-state index in [2.05, 4.69) is 0 Å². The third-order valence-corrected chi connectivity index (χ3v) is 2.84. The predicted octanol–water partition coefficient (Wildman–Crippen LogP) is 2.66. The van der Waals surface area contributed by atoms with Gasteiger partial charge in [0.05, 0.1) is 5.92 Å². The summed E-state index contributed by atoms with van der Waals surface area (Å²) >= 11 is 4.85. The number of rotatable bonds is 5. The minimum absolute atomic E-state index is 0.0757. The number of aryl methyl sites for hydroxylation is 1. The van der Waals surface area contributed by atoms with Crippen molar-refractivity contribution in [2.75, 3.05) is 0 Å². The van der Waals surface area contributed by atoms with Gasteiger partial charge in [0.25, 0.3) is 0 Å². The van der Waals surface area contributed by atoms with Crippen LogP contribution in [0.4, 0.5) is 0 Å². The fourth-order valence-electron chi connectivity index (χ4n) is 1.45. The van der Waals surface area contributed by atoms with Crippen LogP contribution in [0.2, 0.25) is 0 Å². The molecule has 0 aliphatic carbocycles. The highest BCUT2D eigenvalue weighted by Gasteiger charge is 2.23. The maximum Gasteiger partial charge on any atom is 0.311 e. The lowest BCUT2D eigenvalue weighted by molar-refractivity contribution is -0.139. The van der Waals surface area contributed by atoms with Crippen LogP contribution in [0.3, 0.4) is 0 Å². The number of benzene rings is 1. The Labute approximate surface area is 105 Å². The number of carbonyl (C=O) groups excluding carboxylic acids is 1. The summed E-state index contributed by atoms with van der Waals surface area (Å²) in [6.07, 6.45) is -0.0757. The van der Waals surface area contributed by atoms with E-state index >= 15 is 0 Å². The molecule has 1 N–H and O–H groups in total. The molecule has 1 unspecified atom stereocenters. The number of ketones is 1. The maximum atomic E-state index is 11.9. The lowest BCUT2D eigenvalue weighted by Crippen LogP contribution is -2.23. The topological polar surface area (TPSA) is 54.4 Å². The Morgan fingerprint density at radius 3 is 2.24 bits per heavy atom. The summed E-state index contributed by atoms with van der Waals surface area (Å²) < 4.78 is 0. The lowest BCUT2D eigenvalue weighted by Gasteiger charge is -2.09. The average molecular weight is 250 g/mol. The van der Waals surface area contributed by atoms with Gasteiger partial charge in [-0.3, -0.25) is 9.59 Å². The van der Waals surface area contributed by atoms with Crippen LogP contribution in [-0.4, -0.2) is 21.7 Å². The van der Waals surface area contributed by atoms with Crippen LogP contribution in [0, 0.1) is 12.8 Å². The molecule has 0 radical (unpaired) electrons. The molecule has 0 heterocycles. The fraction of sp³-hybridized carbons (Fsp3) is 0.308. The van der Waals surface area contributed by atoms with Gasteiger partial charge < -0.3 is 5.11 Å². The molecule has 90 valence electrons. The summed E-state index contributed by atoms with van der Waals surface area (Å²) in [4.78, 5) is 23.1. The standard InChI is InChI=1S/C13H14O3S/c1-8-3-5-10(6-4-8)12(14)7-11(9(2)17)13(15)16/h3-6,11H,7H2,1-2H3,(H,15,16). The van der Waals surface area contributed by atoms with Crippen molar-refractivity contribution >= 4 is 28.8 Å². The van der Waals surface area contributed by atoms with Crippen LogP contribution < -0.4 is 0 Å². The zero-order valence-electron chi connectivity index (χ0n) is 9.77. The third-order valence-electron chi connectivity index (χ3n) is 2.55. The smallest absolute Gasteiger partial charge is 0.311 e. The van der Waals surface area contributed by atoms with Crippen molar-refractivity contribution in [3.63, 3.8) is 0 Å². The molecule has 0 spiro atoms. The van der Waals surface area contributed by atoms with Crippen LogP contribution in [0.1, 0.15) is 29.3 Å². The summed E-state index contributed by atoms with van der Waals surface area (Å²) in [5.41, 5.74) is 1.58.